The lowest BCUT2D eigenvalue weighted by molar-refractivity contribution is -0.116. The van der Waals surface area contributed by atoms with E-state index in [1.807, 2.05) is 19.1 Å². The minimum Gasteiger partial charge on any atom is -0.465 e. The number of benzene rings is 2. The van der Waals surface area contributed by atoms with Gasteiger partial charge in [-0.2, -0.15) is 0 Å². The number of carbonyl (C=O) groups excluding carboxylic acids is 3. The van der Waals surface area contributed by atoms with Gasteiger partial charge in [-0.1, -0.05) is 18.2 Å². The first-order valence-corrected chi connectivity index (χ1v) is 11.6. The molecular formula is C22H26N2O7S. The van der Waals surface area contributed by atoms with E-state index in [1.165, 1.54) is 36.7 Å². The van der Waals surface area contributed by atoms with Crippen LogP contribution in [0.3, 0.4) is 0 Å². The third-order valence-corrected chi connectivity index (χ3v) is 5.85. The summed E-state index contributed by atoms with van der Waals surface area (Å²) in [6.45, 7) is 1.91. The molecule has 2 aromatic carbocycles. The fourth-order valence-electron chi connectivity index (χ4n) is 3.08. The predicted molar refractivity (Wildman–Crippen MR) is 120 cm³/mol. The highest BCUT2D eigenvalue weighted by atomic mass is 32.2. The standard InChI is InChI=1S/C22H26N2O7S/c1-15-8-5-6-9-19(15)24(32(4,28)29)13-7-10-20(25)23-18-14-16(21(26)30-2)11-12-17(18)22(27)31-3/h5-6,8-9,11-12,14H,7,10,13H2,1-4H3,(H,23,25). The van der Waals surface area contributed by atoms with Gasteiger partial charge < -0.3 is 14.8 Å². The number of carbonyl (C=O) groups is 3. The van der Waals surface area contributed by atoms with Crippen molar-refractivity contribution in [3.63, 3.8) is 0 Å². The normalized spacial score (nSPS) is 10.9. The summed E-state index contributed by atoms with van der Waals surface area (Å²) in [5.41, 5.74) is 1.67. The van der Waals surface area contributed by atoms with Crippen molar-refractivity contribution in [1.29, 1.82) is 0 Å². The minimum absolute atomic E-state index is 0.0129. The smallest absolute Gasteiger partial charge is 0.339 e. The van der Waals surface area contributed by atoms with Gasteiger partial charge in [0.15, 0.2) is 0 Å². The van der Waals surface area contributed by atoms with Crippen molar-refractivity contribution in [3.05, 3.63) is 59.2 Å². The van der Waals surface area contributed by atoms with E-state index < -0.39 is 27.9 Å². The van der Waals surface area contributed by atoms with Crippen LogP contribution in [0.5, 0.6) is 0 Å². The Morgan fingerprint density at radius 1 is 1.00 bits per heavy atom. The summed E-state index contributed by atoms with van der Waals surface area (Å²) in [5.74, 6) is -1.76. The number of nitrogens with one attached hydrogen (secondary N) is 1. The zero-order valence-electron chi connectivity index (χ0n) is 18.4. The van der Waals surface area contributed by atoms with E-state index in [9.17, 15) is 22.8 Å². The molecule has 0 heterocycles. The van der Waals surface area contributed by atoms with Gasteiger partial charge in [-0.3, -0.25) is 9.10 Å². The molecule has 0 fully saturated rings. The third kappa shape index (κ3) is 6.30. The van der Waals surface area contributed by atoms with Gasteiger partial charge in [0.1, 0.15) is 0 Å². The highest BCUT2D eigenvalue weighted by Crippen LogP contribution is 2.23. The number of sulfonamides is 1. The largest absolute Gasteiger partial charge is 0.465 e. The first kappa shape index (κ1) is 24.9. The molecule has 0 saturated carbocycles. The second kappa shape index (κ2) is 10.8. The summed E-state index contributed by atoms with van der Waals surface area (Å²) in [7, 11) is -1.13. The Morgan fingerprint density at radius 3 is 2.25 bits per heavy atom. The van der Waals surface area contributed by atoms with Crippen molar-refractivity contribution in [3.8, 4) is 0 Å². The third-order valence-electron chi connectivity index (χ3n) is 4.67. The van der Waals surface area contributed by atoms with Crippen molar-refractivity contribution in [2.75, 3.05) is 36.6 Å². The SMILES string of the molecule is COC(=O)c1ccc(C(=O)OC)c(NC(=O)CCCN(c2ccccc2C)S(C)(=O)=O)c1. The number of anilines is 2. The van der Waals surface area contributed by atoms with Crippen LogP contribution in [0.4, 0.5) is 11.4 Å². The summed E-state index contributed by atoms with van der Waals surface area (Å²) >= 11 is 0. The molecule has 0 aromatic heterocycles. The van der Waals surface area contributed by atoms with Gasteiger partial charge in [-0.15, -0.1) is 0 Å². The summed E-state index contributed by atoms with van der Waals surface area (Å²) in [6.07, 6.45) is 1.33. The molecule has 172 valence electrons. The number of hydrogen-bond donors (Lipinski definition) is 1. The lowest BCUT2D eigenvalue weighted by atomic mass is 10.1. The molecule has 2 rings (SSSR count). The maximum atomic E-state index is 12.5. The molecule has 0 spiro atoms. The Labute approximate surface area is 187 Å². The topological polar surface area (TPSA) is 119 Å². The molecule has 0 saturated heterocycles. The molecule has 1 amide bonds. The van der Waals surface area contributed by atoms with E-state index in [0.717, 1.165) is 11.8 Å². The molecule has 0 bridgehead atoms. The van der Waals surface area contributed by atoms with Crippen molar-refractivity contribution in [2.45, 2.75) is 19.8 Å². The zero-order chi connectivity index (χ0) is 23.9. The van der Waals surface area contributed by atoms with Crippen molar-refractivity contribution >= 4 is 39.2 Å². The minimum atomic E-state index is -3.55. The first-order chi connectivity index (χ1) is 15.1. The molecule has 32 heavy (non-hydrogen) atoms. The van der Waals surface area contributed by atoms with Gasteiger partial charge in [-0.25, -0.2) is 18.0 Å². The van der Waals surface area contributed by atoms with Crippen LogP contribution in [0.1, 0.15) is 39.1 Å². The quantitative estimate of drug-likeness (QED) is 0.569. The Morgan fingerprint density at radius 2 is 1.66 bits per heavy atom. The van der Waals surface area contributed by atoms with Crippen LogP contribution >= 0.6 is 0 Å². The number of ether oxygens (including phenoxy) is 2. The van der Waals surface area contributed by atoms with Crippen molar-refractivity contribution in [2.24, 2.45) is 0 Å². The second-order valence-electron chi connectivity index (χ2n) is 7.02. The van der Waals surface area contributed by atoms with Gasteiger partial charge in [0.2, 0.25) is 15.9 Å². The summed E-state index contributed by atoms with van der Waals surface area (Å²) in [4.78, 5) is 36.3. The molecule has 1 N–H and O–H groups in total. The molecular weight excluding hydrogens is 436 g/mol. The maximum absolute atomic E-state index is 12.5. The van der Waals surface area contributed by atoms with Crippen LogP contribution < -0.4 is 9.62 Å². The van der Waals surface area contributed by atoms with Gasteiger partial charge in [-0.05, 0) is 43.2 Å². The number of amides is 1. The van der Waals surface area contributed by atoms with Crippen LogP contribution in [0.15, 0.2) is 42.5 Å². The van der Waals surface area contributed by atoms with Gasteiger partial charge in [0, 0.05) is 13.0 Å². The van der Waals surface area contributed by atoms with E-state index in [0.29, 0.717) is 5.69 Å². The number of aryl methyl sites for hydroxylation is 1. The van der Waals surface area contributed by atoms with Crippen LogP contribution in [-0.4, -0.2) is 53.3 Å². The number of methoxy groups -OCH3 is 2. The molecule has 0 aliphatic heterocycles. The van der Waals surface area contributed by atoms with E-state index in [4.69, 9.17) is 4.74 Å². The van der Waals surface area contributed by atoms with E-state index >= 15 is 0 Å². The number of para-hydroxylation sites is 1. The lowest BCUT2D eigenvalue weighted by Gasteiger charge is -2.24. The fraction of sp³-hybridized carbons (Fsp3) is 0.318. The number of rotatable bonds is 9. The summed E-state index contributed by atoms with van der Waals surface area (Å²) < 4.78 is 35.2. The monoisotopic (exact) mass is 462 g/mol. The van der Waals surface area contributed by atoms with E-state index in [1.54, 1.807) is 12.1 Å². The summed E-state index contributed by atoms with van der Waals surface area (Å²) in [5, 5.41) is 2.59. The van der Waals surface area contributed by atoms with Crippen molar-refractivity contribution < 1.29 is 32.3 Å². The predicted octanol–water partition coefficient (Wildman–Crippen LogP) is 2.75. The number of nitrogens with zero attached hydrogens (tertiary/aromatic N) is 1. The van der Waals surface area contributed by atoms with Gasteiger partial charge >= 0.3 is 11.9 Å². The second-order valence-corrected chi connectivity index (χ2v) is 8.92. The first-order valence-electron chi connectivity index (χ1n) is 9.72. The number of esters is 2. The molecule has 0 unspecified atom stereocenters. The van der Waals surface area contributed by atoms with E-state index in [-0.39, 0.29) is 36.2 Å². The Hall–Kier alpha value is -3.40. The fourth-order valence-corrected chi connectivity index (χ4v) is 4.11. The molecule has 2 aromatic rings. The molecule has 0 radical (unpaired) electrons. The van der Waals surface area contributed by atoms with Crippen LogP contribution in [0.25, 0.3) is 0 Å². The molecule has 0 aliphatic rings. The Kier molecular flexibility index (Phi) is 8.36. The van der Waals surface area contributed by atoms with Crippen LogP contribution in [-0.2, 0) is 24.3 Å². The average molecular weight is 463 g/mol. The number of hydrogen-bond acceptors (Lipinski definition) is 7. The maximum Gasteiger partial charge on any atom is 0.339 e. The highest BCUT2D eigenvalue weighted by Gasteiger charge is 2.20. The van der Waals surface area contributed by atoms with Gasteiger partial charge in [0.05, 0.1) is 43.0 Å². The Bertz CT molecular complexity index is 1110. The van der Waals surface area contributed by atoms with Crippen molar-refractivity contribution in [1.82, 2.24) is 0 Å². The molecule has 0 atom stereocenters. The average Bonchev–Trinajstić information content (AvgIpc) is 2.75. The van der Waals surface area contributed by atoms with E-state index in [2.05, 4.69) is 10.1 Å². The summed E-state index contributed by atoms with van der Waals surface area (Å²) in [6, 6.07) is 11.1. The molecule has 10 heteroatoms. The molecule has 0 aliphatic carbocycles. The van der Waals surface area contributed by atoms with Gasteiger partial charge in [0.25, 0.3) is 0 Å². The Balaban J connectivity index is 2.14. The zero-order valence-corrected chi connectivity index (χ0v) is 19.2. The van der Waals surface area contributed by atoms with Crippen LogP contribution in [0.2, 0.25) is 0 Å². The molecule has 9 nitrogen and oxygen atoms in total. The highest BCUT2D eigenvalue weighted by molar-refractivity contribution is 7.92. The van der Waals surface area contributed by atoms with Crippen LogP contribution in [0, 0.1) is 6.92 Å². The lowest BCUT2D eigenvalue weighted by Crippen LogP contribution is -2.32.